The van der Waals surface area contributed by atoms with Gasteiger partial charge >= 0.3 is 0 Å². The zero-order valence-corrected chi connectivity index (χ0v) is 15.9. The largest absolute Gasteiger partial charge is 0.206 e. The Hall–Kier alpha value is -3.02. The van der Waals surface area contributed by atoms with Crippen LogP contribution in [0.3, 0.4) is 0 Å². The van der Waals surface area contributed by atoms with Crippen LogP contribution < -0.4 is 0 Å². The van der Waals surface area contributed by atoms with Crippen molar-refractivity contribution >= 4 is 5.57 Å². The molecule has 0 aromatic heterocycles. The number of fused-ring (bicyclic) bond motifs is 1. The van der Waals surface area contributed by atoms with Crippen molar-refractivity contribution in [1.82, 2.24) is 0 Å². The molecule has 3 aromatic rings. The van der Waals surface area contributed by atoms with Crippen LogP contribution in [-0.2, 0) is 19.3 Å². The van der Waals surface area contributed by atoms with Crippen LogP contribution in [0.5, 0.6) is 0 Å². The van der Waals surface area contributed by atoms with Crippen LogP contribution in [0.15, 0.2) is 42.5 Å². The predicted molar refractivity (Wildman–Crippen MR) is 103 cm³/mol. The quantitative estimate of drug-likeness (QED) is 0.405. The van der Waals surface area contributed by atoms with Gasteiger partial charge in [0.15, 0.2) is 11.6 Å². The van der Waals surface area contributed by atoms with Gasteiger partial charge in [-0.05, 0) is 77.4 Å². The normalized spacial score (nSPS) is 13.2. The molecular formula is C24H16F6. The van der Waals surface area contributed by atoms with Crippen molar-refractivity contribution in [2.24, 2.45) is 0 Å². The molecule has 4 rings (SSSR count). The van der Waals surface area contributed by atoms with Crippen LogP contribution in [0.1, 0.15) is 29.2 Å². The fraction of sp³-hybridized carbons (Fsp3) is 0.167. The molecule has 0 amide bonds. The van der Waals surface area contributed by atoms with Gasteiger partial charge in [-0.25, -0.2) is 26.3 Å². The molecule has 0 fully saturated rings. The zero-order valence-electron chi connectivity index (χ0n) is 15.9. The minimum atomic E-state index is -1.22. The molecule has 0 saturated heterocycles. The van der Waals surface area contributed by atoms with Gasteiger partial charge in [0.25, 0.3) is 0 Å². The Morgan fingerprint density at radius 3 is 2.03 bits per heavy atom. The van der Waals surface area contributed by atoms with E-state index in [2.05, 4.69) is 0 Å². The van der Waals surface area contributed by atoms with Crippen molar-refractivity contribution in [3.63, 3.8) is 0 Å². The summed E-state index contributed by atoms with van der Waals surface area (Å²) in [5.41, 5.74) is 0.433. The lowest BCUT2D eigenvalue weighted by Crippen LogP contribution is -2.10. The third-order valence-electron chi connectivity index (χ3n) is 5.38. The molecule has 0 aliphatic heterocycles. The first kappa shape index (κ1) is 20.3. The molecule has 0 saturated carbocycles. The molecule has 0 radical (unpaired) electrons. The average Bonchev–Trinajstić information content (AvgIpc) is 2.69. The summed E-state index contributed by atoms with van der Waals surface area (Å²) in [6, 6.07) is 6.21. The Morgan fingerprint density at radius 2 is 1.40 bits per heavy atom. The molecule has 0 unspecified atom stereocenters. The molecule has 0 bridgehead atoms. The first-order chi connectivity index (χ1) is 14.3. The lowest BCUT2D eigenvalue weighted by Gasteiger charge is -2.21. The summed E-state index contributed by atoms with van der Waals surface area (Å²) in [4.78, 5) is 0. The van der Waals surface area contributed by atoms with E-state index in [1.54, 1.807) is 6.92 Å². The Kier molecular flexibility index (Phi) is 5.18. The van der Waals surface area contributed by atoms with E-state index in [1.807, 2.05) is 0 Å². The van der Waals surface area contributed by atoms with E-state index >= 15 is 4.39 Å². The maximum absolute atomic E-state index is 15.1. The van der Waals surface area contributed by atoms with Crippen LogP contribution >= 0.6 is 0 Å². The Labute approximate surface area is 169 Å². The summed E-state index contributed by atoms with van der Waals surface area (Å²) in [5, 5.41) is 0. The highest BCUT2D eigenvalue weighted by Gasteiger charge is 2.25. The lowest BCUT2D eigenvalue weighted by molar-refractivity contribution is 0.508. The van der Waals surface area contributed by atoms with Crippen LogP contribution in [0.2, 0.25) is 0 Å². The second-order valence-electron chi connectivity index (χ2n) is 7.21. The van der Waals surface area contributed by atoms with Gasteiger partial charge in [-0.1, -0.05) is 19.1 Å². The number of hydrogen-bond acceptors (Lipinski definition) is 0. The number of aryl methyl sites for hydroxylation is 1. The second kappa shape index (κ2) is 7.67. The minimum Gasteiger partial charge on any atom is -0.206 e. The Bertz CT molecular complexity index is 1170. The number of halogens is 6. The fourth-order valence-electron chi connectivity index (χ4n) is 3.83. The Morgan fingerprint density at radius 1 is 0.733 bits per heavy atom. The van der Waals surface area contributed by atoms with Crippen LogP contribution in [0.25, 0.3) is 16.7 Å². The molecule has 154 valence electrons. The summed E-state index contributed by atoms with van der Waals surface area (Å²) < 4.78 is 85.5. The van der Waals surface area contributed by atoms with Gasteiger partial charge in [0.05, 0.1) is 5.56 Å². The van der Waals surface area contributed by atoms with E-state index in [0.717, 1.165) is 24.3 Å². The summed E-state index contributed by atoms with van der Waals surface area (Å²) in [6.45, 7) is 1.78. The molecule has 0 N–H and O–H groups in total. The molecule has 3 aromatic carbocycles. The van der Waals surface area contributed by atoms with Gasteiger partial charge in [0.1, 0.15) is 23.3 Å². The second-order valence-corrected chi connectivity index (χ2v) is 7.21. The Balaban J connectivity index is 1.77. The van der Waals surface area contributed by atoms with Crippen molar-refractivity contribution in [3.8, 4) is 11.1 Å². The lowest BCUT2D eigenvalue weighted by atomic mass is 9.85. The zero-order chi connectivity index (χ0) is 21.6. The number of benzene rings is 3. The highest BCUT2D eigenvalue weighted by molar-refractivity contribution is 5.74. The van der Waals surface area contributed by atoms with Crippen molar-refractivity contribution in [1.29, 1.82) is 0 Å². The van der Waals surface area contributed by atoms with Gasteiger partial charge in [-0.15, -0.1) is 0 Å². The van der Waals surface area contributed by atoms with Gasteiger partial charge in [0.2, 0.25) is 0 Å². The van der Waals surface area contributed by atoms with E-state index in [4.69, 9.17) is 0 Å². The predicted octanol–water partition coefficient (Wildman–Crippen LogP) is 6.93. The molecule has 0 spiro atoms. The molecule has 6 heteroatoms. The fourth-order valence-corrected chi connectivity index (χ4v) is 3.83. The molecule has 0 nitrogen and oxygen atoms in total. The molecule has 0 heterocycles. The standard InChI is InChI=1S/C24H16F6/c1-2-12-7-19(27)22(20(28)8-12)13-3-5-16-15(9-13)11-21(29)23(24(16)30)14-4-6-17(25)18(26)10-14/h3-4,6-8,10-11H,2,5,9H2,1H3. The molecule has 0 atom stereocenters. The van der Waals surface area contributed by atoms with E-state index in [-0.39, 0.29) is 35.1 Å². The monoisotopic (exact) mass is 418 g/mol. The highest BCUT2D eigenvalue weighted by Crippen LogP contribution is 2.37. The number of allylic oxidation sites excluding steroid dienone is 2. The van der Waals surface area contributed by atoms with Gasteiger partial charge in [-0.3, -0.25) is 0 Å². The maximum Gasteiger partial charge on any atom is 0.159 e. The number of hydrogen-bond donors (Lipinski definition) is 0. The SMILES string of the molecule is CCc1cc(F)c(C2=CCc3c(cc(F)c(-c4ccc(F)c(F)c4)c3F)C2)c(F)c1. The third-order valence-corrected chi connectivity index (χ3v) is 5.38. The van der Waals surface area contributed by atoms with Gasteiger partial charge in [0, 0.05) is 5.56 Å². The van der Waals surface area contributed by atoms with E-state index in [1.165, 1.54) is 18.2 Å². The van der Waals surface area contributed by atoms with Gasteiger partial charge in [-0.2, -0.15) is 0 Å². The van der Waals surface area contributed by atoms with Crippen molar-refractivity contribution < 1.29 is 26.3 Å². The van der Waals surface area contributed by atoms with Crippen molar-refractivity contribution in [2.75, 3.05) is 0 Å². The van der Waals surface area contributed by atoms with Crippen LogP contribution in [-0.4, -0.2) is 0 Å². The minimum absolute atomic E-state index is 0.0120. The highest BCUT2D eigenvalue weighted by atomic mass is 19.2. The maximum atomic E-state index is 15.1. The molecule has 30 heavy (non-hydrogen) atoms. The molecule has 1 aliphatic rings. The summed E-state index contributed by atoms with van der Waals surface area (Å²) in [7, 11) is 0. The first-order valence-corrected chi connectivity index (χ1v) is 9.42. The summed E-state index contributed by atoms with van der Waals surface area (Å²) >= 11 is 0. The van der Waals surface area contributed by atoms with E-state index < -0.39 is 40.5 Å². The van der Waals surface area contributed by atoms with E-state index in [9.17, 15) is 22.0 Å². The van der Waals surface area contributed by atoms with Crippen LogP contribution in [0.4, 0.5) is 26.3 Å². The summed E-state index contributed by atoms with van der Waals surface area (Å²) in [5.74, 6) is -5.63. The number of rotatable bonds is 3. The molecular weight excluding hydrogens is 402 g/mol. The first-order valence-electron chi connectivity index (χ1n) is 9.42. The topological polar surface area (TPSA) is 0 Å². The van der Waals surface area contributed by atoms with Gasteiger partial charge < -0.3 is 0 Å². The smallest absolute Gasteiger partial charge is 0.159 e. The average molecular weight is 418 g/mol. The van der Waals surface area contributed by atoms with E-state index in [0.29, 0.717) is 17.6 Å². The van der Waals surface area contributed by atoms with Crippen molar-refractivity contribution in [3.05, 3.63) is 99.6 Å². The summed E-state index contributed by atoms with van der Waals surface area (Å²) in [6.07, 6.45) is 1.91. The molecule has 1 aliphatic carbocycles. The van der Waals surface area contributed by atoms with Crippen LogP contribution in [0, 0.1) is 34.9 Å². The van der Waals surface area contributed by atoms with Crippen molar-refractivity contribution in [2.45, 2.75) is 26.2 Å². The third kappa shape index (κ3) is 3.40.